The number of imidazole rings is 1. The van der Waals surface area contributed by atoms with E-state index < -0.39 is 0 Å². The summed E-state index contributed by atoms with van der Waals surface area (Å²) < 4.78 is 8.03. The van der Waals surface area contributed by atoms with Crippen LogP contribution in [0.2, 0.25) is 0 Å². The summed E-state index contributed by atoms with van der Waals surface area (Å²) in [6.07, 6.45) is 8.02. The maximum atomic E-state index is 5.64. The van der Waals surface area contributed by atoms with Crippen LogP contribution in [0.25, 0.3) is 11.2 Å². The highest BCUT2D eigenvalue weighted by molar-refractivity contribution is 8.00. The van der Waals surface area contributed by atoms with Gasteiger partial charge in [0.2, 0.25) is 0 Å². The molecular formula is C17H23N3OS. The largest absolute Gasteiger partial charge is 0.381 e. The number of ether oxygens (including phenoxy) is 1. The van der Waals surface area contributed by atoms with E-state index in [1.54, 1.807) is 0 Å². The van der Waals surface area contributed by atoms with E-state index in [0.29, 0.717) is 5.92 Å². The summed E-state index contributed by atoms with van der Waals surface area (Å²) in [6.45, 7) is 2.86. The van der Waals surface area contributed by atoms with Gasteiger partial charge in [0.05, 0.1) is 0 Å². The first-order valence-corrected chi connectivity index (χ1v) is 9.44. The van der Waals surface area contributed by atoms with Crippen molar-refractivity contribution >= 4 is 22.9 Å². The summed E-state index contributed by atoms with van der Waals surface area (Å²) in [5.41, 5.74) is 2.10. The average molecular weight is 317 g/mol. The van der Waals surface area contributed by atoms with Crippen molar-refractivity contribution in [3.8, 4) is 0 Å². The molecular weight excluding hydrogens is 294 g/mol. The van der Waals surface area contributed by atoms with Crippen LogP contribution in [0.4, 0.5) is 0 Å². The Labute approximate surface area is 135 Å². The van der Waals surface area contributed by atoms with Gasteiger partial charge in [-0.05, 0) is 49.5 Å². The Morgan fingerprint density at radius 2 is 2.32 bits per heavy atom. The SMILES string of the molecule is c1cnc2c(c1)nc(CC1CCCOC1)n2CC1CCCS1. The van der Waals surface area contributed by atoms with Crippen LogP contribution in [0.5, 0.6) is 0 Å². The fraction of sp³-hybridized carbons (Fsp3) is 0.647. The molecule has 2 aliphatic rings. The molecule has 4 nitrogen and oxygen atoms in total. The summed E-state index contributed by atoms with van der Waals surface area (Å²) in [4.78, 5) is 9.48. The molecule has 118 valence electrons. The Morgan fingerprint density at radius 3 is 3.14 bits per heavy atom. The van der Waals surface area contributed by atoms with Gasteiger partial charge in [0.15, 0.2) is 5.65 Å². The van der Waals surface area contributed by atoms with Crippen LogP contribution < -0.4 is 0 Å². The number of rotatable bonds is 4. The molecule has 0 amide bonds. The van der Waals surface area contributed by atoms with Crippen molar-refractivity contribution in [3.63, 3.8) is 0 Å². The summed E-state index contributed by atoms with van der Waals surface area (Å²) in [7, 11) is 0. The van der Waals surface area contributed by atoms with Crippen LogP contribution in [-0.4, -0.2) is 38.8 Å². The fourth-order valence-corrected chi connectivity index (χ4v) is 4.83. The van der Waals surface area contributed by atoms with Crippen molar-refractivity contribution in [1.29, 1.82) is 0 Å². The van der Waals surface area contributed by atoms with Crippen LogP contribution in [0.1, 0.15) is 31.5 Å². The molecule has 2 aliphatic heterocycles. The van der Waals surface area contributed by atoms with Crippen molar-refractivity contribution in [2.75, 3.05) is 19.0 Å². The lowest BCUT2D eigenvalue weighted by molar-refractivity contribution is 0.0540. The third-order valence-corrected chi connectivity index (χ3v) is 6.10. The molecule has 2 aromatic heterocycles. The second-order valence-electron chi connectivity index (χ2n) is 6.41. The Morgan fingerprint density at radius 1 is 1.32 bits per heavy atom. The lowest BCUT2D eigenvalue weighted by atomic mass is 9.98. The Balaban J connectivity index is 1.62. The van der Waals surface area contributed by atoms with Crippen molar-refractivity contribution < 1.29 is 4.74 Å². The smallest absolute Gasteiger partial charge is 0.160 e. The first-order chi connectivity index (χ1) is 10.9. The minimum Gasteiger partial charge on any atom is -0.381 e. The monoisotopic (exact) mass is 317 g/mol. The maximum Gasteiger partial charge on any atom is 0.160 e. The Hall–Kier alpha value is -1.07. The van der Waals surface area contributed by atoms with E-state index in [9.17, 15) is 0 Å². The summed E-state index contributed by atoms with van der Waals surface area (Å²) in [5.74, 6) is 3.12. The zero-order valence-corrected chi connectivity index (χ0v) is 13.7. The summed E-state index contributed by atoms with van der Waals surface area (Å²) in [6, 6.07) is 4.07. The second-order valence-corrected chi connectivity index (χ2v) is 7.82. The highest BCUT2D eigenvalue weighted by Crippen LogP contribution is 2.29. The number of pyridine rings is 1. The van der Waals surface area contributed by atoms with Gasteiger partial charge >= 0.3 is 0 Å². The molecule has 22 heavy (non-hydrogen) atoms. The molecule has 0 saturated carbocycles. The molecule has 2 unspecified atom stereocenters. The third kappa shape index (κ3) is 3.01. The van der Waals surface area contributed by atoms with E-state index >= 15 is 0 Å². The fourth-order valence-electron chi connectivity index (χ4n) is 3.57. The van der Waals surface area contributed by atoms with Gasteiger partial charge in [-0.2, -0.15) is 11.8 Å². The van der Waals surface area contributed by atoms with Gasteiger partial charge in [-0.3, -0.25) is 0 Å². The van der Waals surface area contributed by atoms with E-state index in [1.807, 2.05) is 12.3 Å². The predicted molar refractivity (Wildman–Crippen MR) is 90.3 cm³/mol. The van der Waals surface area contributed by atoms with Crippen molar-refractivity contribution in [3.05, 3.63) is 24.2 Å². The molecule has 4 heterocycles. The molecule has 2 fully saturated rings. The van der Waals surface area contributed by atoms with E-state index in [1.165, 1.54) is 37.3 Å². The standard InChI is InChI=1S/C17H23N3OS/c1-6-15-17(18-7-1)20(11-14-5-3-9-22-14)16(19-15)10-13-4-2-8-21-12-13/h1,6-7,13-14H,2-5,8-12H2. The van der Waals surface area contributed by atoms with Crippen molar-refractivity contribution in [2.24, 2.45) is 5.92 Å². The molecule has 5 heteroatoms. The lowest BCUT2D eigenvalue weighted by Gasteiger charge is -2.22. The first kappa shape index (κ1) is 14.5. The zero-order chi connectivity index (χ0) is 14.8. The topological polar surface area (TPSA) is 39.9 Å². The van der Waals surface area contributed by atoms with Gasteiger partial charge in [0.25, 0.3) is 0 Å². The van der Waals surface area contributed by atoms with Crippen LogP contribution in [0.15, 0.2) is 18.3 Å². The van der Waals surface area contributed by atoms with E-state index in [2.05, 4.69) is 27.4 Å². The average Bonchev–Trinajstić information content (AvgIpc) is 3.18. The van der Waals surface area contributed by atoms with Crippen molar-refractivity contribution in [2.45, 2.75) is 43.9 Å². The number of nitrogens with zero attached hydrogens (tertiary/aromatic N) is 3. The molecule has 4 rings (SSSR count). The quantitative estimate of drug-likeness (QED) is 0.867. The normalized spacial score (nSPS) is 25.8. The van der Waals surface area contributed by atoms with E-state index in [-0.39, 0.29) is 0 Å². The number of hydrogen-bond donors (Lipinski definition) is 0. The minimum atomic E-state index is 0.612. The first-order valence-electron chi connectivity index (χ1n) is 8.39. The molecule has 2 saturated heterocycles. The predicted octanol–water partition coefficient (Wildman–Crippen LogP) is 3.30. The van der Waals surface area contributed by atoms with E-state index in [0.717, 1.165) is 42.6 Å². The van der Waals surface area contributed by atoms with Gasteiger partial charge in [-0.15, -0.1) is 0 Å². The van der Waals surface area contributed by atoms with Crippen LogP contribution >= 0.6 is 11.8 Å². The minimum absolute atomic E-state index is 0.612. The van der Waals surface area contributed by atoms with Gasteiger partial charge in [-0.25, -0.2) is 9.97 Å². The highest BCUT2D eigenvalue weighted by atomic mass is 32.2. The summed E-state index contributed by atoms with van der Waals surface area (Å²) in [5, 5.41) is 0.723. The van der Waals surface area contributed by atoms with Crippen LogP contribution in [0.3, 0.4) is 0 Å². The second kappa shape index (κ2) is 6.59. The molecule has 2 aromatic rings. The maximum absolute atomic E-state index is 5.64. The van der Waals surface area contributed by atoms with Gasteiger partial charge in [0.1, 0.15) is 11.3 Å². The number of thioether (sulfide) groups is 1. The molecule has 0 spiro atoms. The molecule has 0 aromatic carbocycles. The number of hydrogen-bond acceptors (Lipinski definition) is 4. The third-order valence-electron chi connectivity index (χ3n) is 4.72. The van der Waals surface area contributed by atoms with Gasteiger partial charge in [0, 0.05) is 37.6 Å². The molecule has 0 N–H and O–H groups in total. The van der Waals surface area contributed by atoms with E-state index in [4.69, 9.17) is 9.72 Å². The molecule has 0 bridgehead atoms. The summed E-state index contributed by atoms with van der Waals surface area (Å²) >= 11 is 2.10. The molecule has 0 aliphatic carbocycles. The van der Waals surface area contributed by atoms with Gasteiger partial charge in [-0.1, -0.05) is 0 Å². The van der Waals surface area contributed by atoms with Crippen LogP contribution in [-0.2, 0) is 17.7 Å². The zero-order valence-electron chi connectivity index (χ0n) is 12.9. The number of aromatic nitrogens is 3. The lowest BCUT2D eigenvalue weighted by Crippen LogP contribution is -2.22. The van der Waals surface area contributed by atoms with Gasteiger partial charge < -0.3 is 9.30 Å². The molecule has 0 radical (unpaired) electrons. The molecule has 2 atom stereocenters. The van der Waals surface area contributed by atoms with Crippen LogP contribution in [0, 0.1) is 5.92 Å². The number of fused-ring (bicyclic) bond motifs is 1. The Bertz CT molecular complexity index is 630. The Kier molecular flexibility index (Phi) is 4.35. The highest BCUT2D eigenvalue weighted by Gasteiger charge is 2.23. The van der Waals surface area contributed by atoms with Crippen molar-refractivity contribution in [1.82, 2.24) is 14.5 Å².